The lowest BCUT2D eigenvalue weighted by Gasteiger charge is -2.08. The molecule has 7 nitrogen and oxygen atoms in total. The molecule has 0 unspecified atom stereocenters. The minimum absolute atomic E-state index is 0.0529. The first-order valence-corrected chi connectivity index (χ1v) is 8.00. The van der Waals surface area contributed by atoms with Crippen molar-refractivity contribution in [2.75, 3.05) is 13.7 Å². The molecule has 0 fully saturated rings. The third kappa shape index (κ3) is 3.66. The van der Waals surface area contributed by atoms with Crippen LogP contribution in [0.4, 0.5) is 0 Å². The molecular weight excluding hydrogens is 338 g/mol. The summed E-state index contributed by atoms with van der Waals surface area (Å²) >= 11 is 0. The largest absolute Gasteiger partial charge is 0.496 e. The van der Waals surface area contributed by atoms with Crippen molar-refractivity contribution in [1.82, 2.24) is 4.57 Å². The number of esters is 1. The summed E-state index contributed by atoms with van der Waals surface area (Å²) in [5.41, 5.74) is 1.41. The molecule has 0 aliphatic rings. The van der Waals surface area contributed by atoms with Gasteiger partial charge in [0, 0.05) is 6.54 Å². The van der Waals surface area contributed by atoms with Crippen LogP contribution in [0.5, 0.6) is 5.75 Å². The van der Waals surface area contributed by atoms with Crippen molar-refractivity contribution in [1.29, 1.82) is 0 Å². The molecule has 134 valence electrons. The number of Topliss-reactive ketones (excluding diaryl/α,β-unsaturated/α-hetero) is 1. The number of nitrogens with zero attached hydrogens (tertiary/aromatic N) is 1. The van der Waals surface area contributed by atoms with Crippen molar-refractivity contribution < 1.29 is 23.5 Å². The third-order valence-corrected chi connectivity index (χ3v) is 3.88. The zero-order valence-corrected chi connectivity index (χ0v) is 14.1. The topological polar surface area (TPSA) is 87.7 Å². The van der Waals surface area contributed by atoms with Crippen molar-refractivity contribution in [2.45, 2.75) is 13.0 Å². The third-order valence-electron chi connectivity index (χ3n) is 3.88. The van der Waals surface area contributed by atoms with E-state index in [1.54, 1.807) is 48.5 Å². The molecule has 7 heteroatoms. The molecule has 0 saturated heterocycles. The van der Waals surface area contributed by atoms with Gasteiger partial charge < -0.3 is 13.9 Å². The van der Waals surface area contributed by atoms with Gasteiger partial charge in [0.2, 0.25) is 5.78 Å². The maximum absolute atomic E-state index is 12.2. The Morgan fingerprint density at radius 2 is 1.81 bits per heavy atom. The number of ether oxygens (including phenoxy) is 2. The molecule has 2 aromatic carbocycles. The first kappa shape index (κ1) is 17.5. The molecule has 0 aliphatic heterocycles. The van der Waals surface area contributed by atoms with E-state index in [0.29, 0.717) is 22.4 Å². The van der Waals surface area contributed by atoms with Crippen LogP contribution in [0, 0.1) is 0 Å². The molecule has 1 heterocycles. The summed E-state index contributed by atoms with van der Waals surface area (Å²) in [5, 5.41) is 0. The zero-order valence-electron chi connectivity index (χ0n) is 14.1. The first-order valence-electron chi connectivity index (χ1n) is 8.00. The average Bonchev–Trinajstić information content (AvgIpc) is 2.99. The number of methoxy groups -OCH3 is 1. The Kier molecular flexibility index (Phi) is 5.17. The highest BCUT2D eigenvalue weighted by molar-refractivity contribution is 6.00. The summed E-state index contributed by atoms with van der Waals surface area (Å²) in [6.45, 7) is -0.280. The molecule has 0 spiro atoms. The highest BCUT2D eigenvalue weighted by Crippen LogP contribution is 2.18. The van der Waals surface area contributed by atoms with Gasteiger partial charge in [-0.2, -0.15) is 0 Å². The van der Waals surface area contributed by atoms with Crippen LogP contribution in [0.2, 0.25) is 0 Å². The molecule has 0 radical (unpaired) electrons. The maximum Gasteiger partial charge on any atom is 0.419 e. The molecule has 0 N–H and O–H groups in total. The van der Waals surface area contributed by atoms with Gasteiger partial charge in [0.1, 0.15) is 5.75 Å². The molecule has 1 aromatic heterocycles. The van der Waals surface area contributed by atoms with Crippen molar-refractivity contribution in [3.05, 3.63) is 64.6 Å². The fourth-order valence-electron chi connectivity index (χ4n) is 2.60. The van der Waals surface area contributed by atoms with Crippen LogP contribution in [-0.2, 0) is 16.1 Å². The van der Waals surface area contributed by atoms with Crippen molar-refractivity contribution in [3.63, 3.8) is 0 Å². The van der Waals surface area contributed by atoms with E-state index in [1.807, 2.05) is 0 Å². The lowest BCUT2D eigenvalue weighted by Crippen LogP contribution is -2.19. The molecule has 0 aliphatic carbocycles. The van der Waals surface area contributed by atoms with E-state index in [2.05, 4.69) is 0 Å². The van der Waals surface area contributed by atoms with E-state index in [4.69, 9.17) is 13.9 Å². The standard InChI is InChI=1S/C19H17NO6/c1-24-16-8-4-2-6-13(16)15(21)12-25-18(22)10-11-20-14-7-3-5-9-17(14)26-19(20)23/h2-9H,10-12H2,1H3. The normalized spacial score (nSPS) is 10.7. The number of rotatable bonds is 7. The summed E-state index contributed by atoms with van der Waals surface area (Å²) in [4.78, 5) is 35.9. The number of carbonyl (C=O) groups is 2. The minimum Gasteiger partial charge on any atom is -0.496 e. The molecule has 0 atom stereocenters. The first-order chi connectivity index (χ1) is 12.6. The summed E-state index contributed by atoms with van der Waals surface area (Å²) < 4.78 is 16.6. The second kappa shape index (κ2) is 7.69. The van der Waals surface area contributed by atoms with E-state index in [1.165, 1.54) is 11.7 Å². The number of fused-ring (bicyclic) bond motifs is 1. The van der Waals surface area contributed by atoms with Gasteiger partial charge in [-0.25, -0.2) is 4.79 Å². The number of hydrogen-bond donors (Lipinski definition) is 0. The second-order valence-corrected chi connectivity index (χ2v) is 5.52. The van der Waals surface area contributed by atoms with Crippen molar-refractivity contribution in [2.24, 2.45) is 0 Å². The van der Waals surface area contributed by atoms with Gasteiger partial charge in [-0.1, -0.05) is 24.3 Å². The van der Waals surface area contributed by atoms with Crippen LogP contribution in [0.1, 0.15) is 16.8 Å². The SMILES string of the molecule is COc1ccccc1C(=O)COC(=O)CCn1c(=O)oc2ccccc21. The lowest BCUT2D eigenvalue weighted by molar-refractivity contribution is -0.142. The fourth-order valence-corrected chi connectivity index (χ4v) is 2.60. The maximum atomic E-state index is 12.2. The van der Waals surface area contributed by atoms with Gasteiger partial charge in [-0.3, -0.25) is 14.2 Å². The van der Waals surface area contributed by atoms with E-state index < -0.39 is 11.7 Å². The number of hydrogen-bond acceptors (Lipinski definition) is 6. The highest BCUT2D eigenvalue weighted by atomic mass is 16.5. The lowest BCUT2D eigenvalue weighted by atomic mass is 10.1. The molecule has 0 saturated carbocycles. The Balaban J connectivity index is 1.58. The number of ketones is 1. The van der Waals surface area contributed by atoms with Gasteiger partial charge in [0.25, 0.3) is 0 Å². The number of aryl methyl sites for hydroxylation is 1. The van der Waals surface area contributed by atoms with Gasteiger partial charge in [0.15, 0.2) is 12.2 Å². The Morgan fingerprint density at radius 1 is 1.08 bits per heavy atom. The number of oxazole rings is 1. The van der Waals surface area contributed by atoms with Crippen molar-refractivity contribution in [3.8, 4) is 5.75 Å². The quantitative estimate of drug-likeness (QED) is 0.478. The molecule has 0 bridgehead atoms. The van der Waals surface area contributed by atoms with Gasteiger partial charge >= 0.3 is 11.7 Å². The van der Waals surface area contributed by atoms with Gasteiger partial charge in [0.05, 0.1) is 24.6 Å². The van der Waals surface area contributed by atoms with E-state index in [0.717, 1.165) is 0 Å². The Labute approximate surface area is 148 Å². The monoisotopic (exact) mass is 355 g/mol. The molecule has 0 amide bonds. The van der Waals surface area contributed by atoms with Crippen LogP contribution in [0.15, 0.2) is 57.7 Å². The smallest absolute Gasteiger partial charge is 0.419 e. The van der Waals surface area contributed by atoms with Crippen LogP contribution in [0.25, 0.3) is 11.1 Å². The fraction of sp³-hybridized carbons (Fsp3) is 0.211. The molecule has 26 heavy (non-hydrogen) atoms. The van der Waals surface area contributed by atoms with Crippen LogP contribution >= 0.6 is 0 Å². The molecule has 3 rings (SSSR count). The Bertz CT molecular complexity index is 1000. The van der Waals surface area contributed by atoms with Gasteiger partial charge in [-0.15, -0.1) is 0 Å². The molecular formula is C19H17NO6. The zero-order chi connectivity index (χ0) is 18.5. The average molecular weight is 355 g/mol. The summed E-state index contributed by atoms with van der Waals surface area (Å²) in [6, 6.07) is 13.7. The minimum atomic E-state index is -0.578. The van der Waals surface area contributed by atoms with E-state index >= 15 is 0 Å². The van der Waals surface area contributed by atoms with E-state index in [9.17, 15) is 14.4 Å². The van der Waals surface area contributed by atoms with E-state index in [-0.39, 0.29) is 25.4 Å². The number of carbonyl (C=O) groups excluding carboxylic acids is 2. The predicted octanol–water partition coefficient (Wildman–Crippen LogP) is 2.42. The van der Waals surface area contributed by atoms with Crippen molar-refractivity contribution >= 4 is 22.9 Å². The predicted molar refractivity (Wildman–Crippen MR) is 93.4 cm³/mol. The Morgan fingerprint density at radius 3 is 2.62 bits per heavy atom. The second-order valence-electron chi connectivity index (χ2n) is 5.52. The number of benzene rings is 2. The highest BCUT2D eigenvalue weighted by Gasteiger charge is 2.15. The van der Waals surface area contributed by atoms with Crippen LogP contribution < -0.4 is 10.5 Å². The summed E-state index contributed by atoms with van der Waals surface area (Å²) in [7, 11) is 1.46. The number of para-hydroxylation sites is 3. The van der Waals surface area contributed by atoms with Gasteiger partial charge in [-0.05, 0) is 24.3 Å². The van der Waals surface area contributed by atoms with Crippen LogP contribution in [-0.4, -0.2) is 30.0 Å². The summed E-state index contributed by atoms with van der Waals surface area (Å²) in [6.07, 6.45) is -0.0529. The van der Waals surface area contributed by atoms with Crippen LogP contribution in [0.3, 0.4) is 0 Å². The number of aromatic nitrogens is 1. The summed E-state index contributed by atoms with van der Waals surface area (Å²) in [5.74, 6) is -1.05. The Hall–Kier alpha value is -3.35. The molecule has 3 aromatic rings.